The number of carbonyl (C=O) groups is 3. The number of benzene rings is 2. The minimum absolute atomic E-state index is 0.148. The first kappa shape index (κ1) is 22.1. The number of hydrogen-bond acceptors (Lipinski definition) is 3. The van der Waals surface area contributed by atoms with Crippen molar-refractivity contribution in [2.45, 2.75) is 19.1 Å². The molecule has 9 heteroatoms. The van der Waals surface area contributed by atoms with Gasteiger partial charge in [-0.15, -0.1) is 0 Å². The summed E-state index contributed by atoms with van der Waals surface area (Å²) in [5, 5.41) is 11.6. The average molecular weight is 432 g/mol. The van der Waals surface area contributed by atoms with Gasteiger partial charge in [0.25, 0.3) is 0 Å². The van der Waals surface area contributed by atoms with Crippen molar-refractivity contribution in [3.05, 3.63) is 76.4 Å². The maximum atomic E-state index is 12.6. The Morgan fingerprint density at radius 1 is 1.06 bits per heavy atom. The van der Waals surface area contributed by atoms with Gasteiger partial charge >= 0.3 is 12.1 Å². The highest BCUT2D eigenvalue weighted by Gasteiger charge is 2.29. The fraction of sp³-hybridized carbons (Fsp3) is 0.227. The first-order chi connectivity index (χ1) is 14.6. The minimum atomic E-state index is -4.43. The van der Waals surface area contributed by atoms with Crippen LogP contribution in [-0.4, -0.2) is 40.9 Å². The molecular formula is C22H19F3N2O4. The first-order valence-electron chi connectivity index (χ1n) is 9.39. The van der Waals surface area contributed by atoms with E-state index in [0.29, 0.717) is 18.5 Å². The predicted octanol–water partition coefficient (Wildman–Crippen LogP) is 3.12. The summed E-state index contributed by atoms with van der Waals surface area (Å²) in [6.45, 7) is 0.464. The number of amides is 2. The summed E-state index contributed by atoms with van der Waals surface area (Å²) in [5.41, 5.74) is 1.52. The van der Waals surface area contributed by atoms with Gasteiger partial charge in [0, 0.05) is 19.2 Å². The maximum absolute atomic E-state index is 12.6. The zero-order chi connectivity index (χ0) is 22.6. The third kappa shape index (κ3) is 5.71. The molecule has 0 atom stereocenters. The van der Waals surface area contributed by atoms with Gasteiger partial charge in [-0.1, -0.05) is 18.2 Å². The van der Waals surface area contributed by atoms with Crippen LogP contribution in [0.15, 0.2) is 48.5 Å². The van der Waals surface area contributed by atoms with Crippen LogP contribution in [0.25, 0.3) is 6.08 Å². The van der Waals surface area contributed by atoms with E-state index in [1.54, 1.807) is 12.1 Å². The SMILES string of the molecule is O=C(/C=C/c1ccc(C(F)(F)F)cc1)NCC(=O)N1CCc2ccc(C(=O)O)cc2C1. The van der Waals surface area contributed by atoms with Crippen molar-refractivity contribution in [3.8, 4) is 0 Å². The number of nitrogens with zero attached hydrogens (tertiary/aromatic N) is 1. The summed E-state index contributed by atoms with van der Waals surface area (Å²) in [6.07, 6.45) is -1.35. The Hall–Kier alpha value is -3.62. The molecule has 0 saturated carbocycles. The second-order valence-electron chi connectivity index (χ2n) is 7.02. The van der Waals surface area contributed by atoms with Crippen LogP contribution in [0.5, 0.6) is 0 Å². The van der Waals surface area contributed by atoms with Gasteiger partial charge in [-0.3, -0.25) is 9.59 Å². The standard InChI is InChI=1S/C22H19F3N2O4/c23-22(24,25)18-6-1-14(2-7-18)3-8-19(28)26-12-20(29)27-10-9-15-4-5-16(21(30)31)11-17(15)13-27/h1-8,11H,9-10,12-13H2,(H,26,28)(H,30,31)/b8-3+. The molecule has 0 fully saturated rings. The fourth-order valence-corrected chi connectivity index (χ4v) is 3.19. The van der Waals surface area contributed by atoms with Crippen LogP contribution < -0.4 is 5.32 Å². The lowest BCUT2D eigenvalue weighted by Gasteiger charge is -2.29. The van der Waals surface area contributed by atoms with Crippen LogP contribution in [0.2, 0.25) is 0 Å². The van der Waals surface area contributed by atoms with Gasteiger partial charge in [0.1, 0.15) is 0 Å². The molecule has 0 spiro atoms. The monoisotopic (exact) mass is 432 g/mol. The summed E-state index contributed by atoms with van der Waals surface area (Å²) in [7, 11) is 0. The normalized spacial score (nSPS) is 13.7. The second kappa shape index (κ2) is 9.03. The molecule has 1 heterocycles. The van der Waals surface area contributed by atoms with Gasteiger partial charge in [-0.05, 0) is 53.5 Å². The quantitative estimate of drug-likeness (QED) is 0.711. The molecule has 0 radical (unpaired) electrons. The lowest BCUT2D eigenvalue weighted by Crippen LogP contribution is -2.42. The van der Waals surface area contributed by atoms with E-state index in [2.05, 4.69) is 5.32 Å². The second-order valence-corrected chi connectivity index (χ2v) is 7.02. The van der Waals surface area contributed by atoms with Gasteiger partial charge in [0.2, 0.25) is 11.8 Å². The number of rotatable bonds is 5. The molecule has 2 amide bonds. The van der Waals surface area contributed by atoms with Crippen molar-refractivity contribution in [1.29, 1.82) is 0 Å². The van der Waals surface area contributed by atoms with E-state index in [-0.39, 0.29) is 24.6 Å². The highest BCUT2D eigenvalue weighted by molar-refractivity contribution is 5.94. The lowest BCUT2D eigenvalue weighted by atomic mass is 9.97. The summed E-state index contributed by atoms with van der Waals surface area (Å²) in [4.78, 5) is 37.0. The largest absolute Gasteiger partial charge is 0.478 e. The van der Waals surface area contributed by atoms with Crippen molar-refractivity contribution in [2.24, 2.45) is 0 Å². The van der Waals surface area contributed by atoms with Crippen molar-refractivity contribution in [2.75, 3.05) is 13.1 Å². The van der Waals surface area contributed by atoms with Gasteiger partial charge in [0.05, 0.1) is 17.7 Å². The number of carbonyl (C=O) groups excluding carboxylic acids is 2. The smallest absolute Gasteiger partial charge is 0.416 e. The molecule has 162 valence electrons. The fourth-order valence-electron chi connectivity index (χ4n) is 3.19. The molecule has 31 heavy (non-hydrogen) atoms. The Bertz CT molecular complexity index is 1030. The average Bonchev–Trinajstić information content (AvgIpc) is 2.74. The van der Waals surface area contributed by atoms with Gasteiger partial charge in [0.15, 0.2) is 0 Å². The van der Waals surface area contributed by atoms with E-state index in [1.165, 1.54) is 29.2 Å². The van der Waals surface area contributed by atoms with Crippen LogP contribution in [0.3, 0.4) is 0 Å². The van der Waals surface area contributed by atoms with Gasteiger partial charge in [-0.25, -0.2) is 4.79 Å². The summed E-state index contributed by atoms with van der Waals surface area (Å²) < 4.78 is 37.7. The summed E-state index contributed by atoms with van der Waals surface area (Å²) in [6, 6.07) is 9.15. The first-order valence-corrected chi connectivity index (χ1v) is 9.39. The Labute approximate surface area is 176 Å². The van der Waals surface area contributed by atoms with Crippen LogP contribution in [0.4, 0.5) is 13.2 Å². The molecule has 0 aromatic heterocycles. The minimum Gasteiger partial charge on any atom is -0.478 e. The summed E-state index contributed by atoms with van der Waals surface area (Å²) >= 11 is 0. The van der Waals surface area contributed by atoms with Crippen LogP contribution in [-0.2, 0) is 28.7 Å². The van der Waals surface area contributed by atoms with E-state index in [9.17, 15) is 27.6 Å². The number of carboxylic acids is 1. The molecule has 0 unspecified atom stereocenters. The van der Waals surface area contributed by atoms with Crippen LogP contribution in [0.1, 0.15) is 32.6 Å². The molecule has 2 aromatic rings. The van der Waals surface area contributed by atoms with Gasteiger partial charge in [-0.2, -0.15) is 13.2 Å². The molecule has 2 N–H and O–H groups in total. The molecule has 0 aliphatic carbocycles. The molecule has 0 saturated heterocycles. The topological polar surface area (TPSA) is 86.7 Å². The van der Waals surface area contributed by atoms with E-state index in [1.807, 2.05) is 0 Å². The van der Waals surface area contributed by atoms with E-state index >= 15 is 0 Å². The van der Waals surface area contributed by atoms with E-state index < -0.39 is 23.6 Å². The number of alkyl halides is 3. The van der Waals surface area contributed by atoms with Gasteiger partial charge < -0.3 is 15.3 Å². The molecule has 1 aliphatic heterocycles. The van der Waals surface area contributed by atoms with E-state index in [0.717, 1.165) is 29.3 Å². The number of aromatic carboxylic acids is 1. The Balaban J connectivity index is 1.52. The third-order valence-electron chi connectivity index (χ3n) is 4.90. The third-order valence-corrected chi connectivity index (χ3v) is 4.90. The molecular weight excluding hydrogens is 413 g/mol. The highest BCUT2D eigenvalue weighted by Crippen LogP contribution is 2.29. The molecule has 0 bridgehead atoms. The van der Waals surface area contributed by atoms with Crippen molar-refractivity contribution in [1.82, 2.24) is 10.2 Å². The molecule has 6 nitrogen and oxygen atoms in total. The number of hydrogen-bond donors (Lipinski definition) is 2. The number of carboxylic acid groups (broad SMARTS) is 1. The molecule has 3 rings (SSSR count). The van der Waals surface area contributed by atoms with Crippen molar-refractivity contribution in [3.63, 3.8) is 0 Å². The molecule has 2 aromatic carbocycles. The Morgan fingerprint density at radius 3 is 2.42 bits per heavy atom. The van der Waals surface area contributed by atoms with Crippen LogP contribution in [0, 0.1) is 0 Å². The van der Waals surface area contributed by atoms with E-state index in [4.69, 9.17) is 5.11 Å². The Morgan fingerprint density at radius 2 is 1.77 bits per heavy atom. The Kier molecular flexibility index (Phi) is 6.43. The number of halogens is 3. The number of nitrogens with one attached hydrogen (secondary N) is 1. The maximum Gasteiger partial charge on any atom is 0.416 e. The highest BCUT2D eigenvalue weighted by atomic mass is 19.4. The van der Waals surface area contributed by atoms with Crippen LogP contribution >= 0.6 is 0 Å². The lowest BCUT2D eigenvalue weighted by molar-refractivity contribution is -0.137. The zero-order valence-corrected chi connectivity index (χ0v) is 16.3. The van der Waals surface area contributed by atoms with Crippen molar-refractivity contribution < 1.29 is 32.7 Å². The molecule has 1 aliphatic rings. The zero-order valence-electron chi connectivity index (χ0n) is 16.3. The van der Waals surface area contributed by atoms with Crippen molar-refractivity contribution >= 4 is 23.9 Å². The summed E-state index contributed by atoms with van der Waals surface area (Å²) in [5.74, 6) is -1.92. The number of fused-ring (bicyclic) bond motifs is 1. The predicted molar refractivity (Wildman–Crippen MR) is 106 cm³/mol.